The molecular formula is C26H37N5O8. The Hall–Kier alpha value is -4.16. The summed E-state index contributed by atoms with van der Waals surface area (Å²) in [5.41, 5.74) is 0.408. The van der Waals surface area contributed by atoms with Crippen molar-refractivity contribution in [3.63, 3.8) is 0 Å². The van der Waals surface area contributed by atoms with Crippen LogP contribution in [0.15, 0.2) is 30.3 Å². The van der Waals surface area contributed by atoms with Crippen molar-refractivity contribution >= 4 is 35.7 Å². The van der Waals surface area contributed by atoms with E-state index in [0.29, 0.717) is 24.9 Å². The predicted molar refractivity (Wildman–Crippen MR) is 139 cm³/mol. The summed E-state index contributed by atoms with van der Waals surface area (Å²) in [6, 6.07) is 5.19. The summed E-state index contributed by atoms with van der Waals surface area (Å²) in [4.78, 5) is 75.6. The number of amides is 5. The normalized spacial score (nSPS) is 16.1. The highest BCUT2D eigenvalue weighted by Gasteiger charge is 2.36. The molecular weight excluding hydrogens is 510 g/mol. The van der Waals surface area contributed by atoms with E-state index in [9.17, 15) is 33.9 Å². The fraction of sp³-hybridized carbons (Fsp3) is 0.538. The van der Waals surface area contributed by atoms with Crippen molar-refractivity contribution in [3.8, 4) is 0 Å². The van der Waals surface area contributed by atoms with Crippen molar-refractivity contribution in [2.75, 3.05) is 26.2 Å². The number of nitrogens with zero attached hydrogens (tertiary/aromatic N) is 1. The fourth-order valence-corrected chi connectivity index (χ4v) is 4.10. The van der Waals surface area contributed by atoms with E-state index in [1.54, 1.807) is 37.3 Å². The van der Waals surface area contributed by atoms with E-state index >= 15 is 0 Å². The number of carbonyl (C=O) groups excluding carboxylic acids is 5. The molecule has 1 aromatic carbocycles. The number of hydrogen-bond donors (Lipinski definition) is 5. The maximum atomic E-state index is 13.1. The molecule has 0 aromatic heterocycles. The van der Waals surface area contributed by atoms with Gasteiger partial charge in [0.15, 0.2) is 0 Å². The highest BCUT2D eigenvalue weighted by atomic mass is 16.5. The number of carboxylic acid groups (broad SMARTS) is 1. The van der Waals surface area contributed by atoms with Crippen LogP contribution >= 0.6 is 0 Å². The molecule has 1 aromatic rings. The first-order valence-electron chi connectivity index (χ1n) is 12.9. The number of carboxylic acids is 1. The number of benzene rings is 1. The number of carbonyl (C=O) groups is 6. The molecule has 3 atom stereocenters. The average molecular weight is 548 g/mol. The first-order chi connectivity index (χ1) is 18.5. The van der Waals surface area contributed by atoms with Crippen LogP contribution in [0, 0.1) is 5.92 Å². The van der Waals surface area contributed by atoms with Gasteiger partial charge in [-0.3, -0.25) is 19.2 Å². The van der Waals surface area contributed by atoms with Crippen LogP contribution in [0.5, 0.6) is 0 Å². The smallest absolute Gasteiger partial charge is 0.407 e. The van der Waals surface area contributed by atoms with Gasteiger partial charge in [0.2, 0.25) is 17.7 Å². The van der Waals surface area contributed by atoms with Crippen molar-refractivity contribution < 1.29 is 38.6 Å². The molecule has 214 valence electrons. The lowest BCUT2D eigenvalue weighted by Crippen LogP contribution is -2.56. The molecule has 0 unspecified atom stereocenters. The van der Waals surface area contributed by atoms with Gasteiger partial charge in [0.05, 0.1) is 13.2 Å². The van der Waals surface area contributed by atoms with Gasteiger partial charge in [0.25, 0.3) is 5.91 Å². The van der Waals surface area contributed by atoms with Crippen molar-refractivity contribution in [1.82, 2.24) is 26.2 Å². The Labute approximate surface area is 227 Å². The number of aliphatic carboxylic acids is 1. The maximum absolute atomic E-state index is 13.1. The van der Waals surface area contributed by atoms with Crippen molar-refractivity contribution in [3.05, 3.63) is 35.9 Å². The quantitative estimate of drug-likeness (QED) is 0.233. The Balaban J connectivity index is 1.98. The number of alkyl carbamates (subject to hydrolysis) is 1. The molecule has 5 N–H and O–H groups in total. The maximum Gasteiger partial charge on any atom is 0.407 e. The molecule has 39 heavy (non-hydrogen) atoms. The standard InChI is InChI=1S/C26H37N5O8/c1-4-39-26(38)30-19(25(36)37)14-27-23(34)18(13-16(2)3)29-24(35)20-11-8-12-31(20)21(32)15-28-22(33)17-9-6-5-7-10-17/h5-7,9-10,16,18-20H,4,8,11-15H2,1-3H3,(H,27,34)(H,28,33)(H,29,35)(H,30,38)(H,36,37)/t18-,19-,20-/m0/s1. The largest absolute Gasteiger partial charge is 0.480 e. The predicted octanol–water partition coefficient (Wildman–Crippen LogP) is 0.254. The molecule has 13 nitrogen and oxygen atoms in total. The minimum Gasteiger partial charge on any atom is -0.480 e. The molecule has 1 saturated heterocycles. The Morgan fingerprint density at radius 3 is 2.33 bits per heavy atom. The Bertz CT molecular complexity index is 1030. The number of rotatable bonds is 13. The van der Waals surface area contributed by atoms with Gasteiger partial charge in [0.1, 0.15) is 18.1 Å². The van der Waals surface area contributed by atoms with Crippen LogP contribution in [0.1, 0.15) is 50.4 Å². The van der Waals surface area contributed by atoms with Crippen molar-refractivity contribution in [2.24, 2.45) is 5.92 Å². The zero-order chi connectivity index (χ0) is 28.9. The van der Waals surface area contributed by atoms with E-state index in [1.807, 2.05) is 13.8 Å². The fourth-order valence-electron chi connectivity index (χ4n) is 4.10. The van der Waals surface area contributed by atoms with Gasteiger partial charge in [-0.25, -0.2) is 9.59 Å². The molecule has 0 saturated carbocycles. The van der Waals surface area contributed by atoms with Crippen LogP contribution in [0.4, 0.5) is 4.79 Å². The van der Waals surface area contributed by atoms with E-state index < -0.39 is 60.4 Å². The molecule has 13 heteroatoms. The summed E-state index contributed by atoms with van der Waals surface area (Å²) in [5.74, 6) is -3.34. The Morgan fingerprint density at radius 2 is 1.72 bits per heavy atom. The lowest BCUT2D eigenvalue weighted by atomic mass is 10.0. The third-order valence-corrected chi connectivity index (χ3v) is 6.00. The van der Waals surface area contributed by atoms with E-state index in [1.165, 1.54) is 4.90 Å². The van der Waals surface area contributed by atoms with Crippen LogP contribution in [0.2, 0.25) is 0 Å². The van der Waals surface area contributed by atoms with E-state index in [0.717, 1.165) is 0 Å². The van der Waals surface area contributed by atoms with Gasteiger partial charge >= 0.3 is 12.1 Å². The molecule has 0 bridgehead atoms. The van der Waals surface area contributed by atoms with Gasteiger partial charge in [-0.15, -0.1) is 0 Å². The second kappa shape index (κ2) is 15.3. The molecule has 5 amide bonds. The van der Waals surface area contributed by atoms with E-state index in [4.69, 9.17) is 0 Å². The number of likely N-dealkylation sites (tertiary alicyclic amines) is 1. The Morgan fingerprint density at radius 1 is 1.03 bits per heavy atom. The topological polar surface area (TPSA) is 183 Å². The summed E-state index contributed by atoms with van der Waals surface area (Å²) in [6.07, 6.45) is 0.299. The summed E-state index contributed by atoms with van der Waals surface area (Å²) in [7, 11) is 0. The van der Waals surface area contributed by atoms with Gasteiger partial charge in [0, 0.05) is 18.7 Å². The highest BCUT2D eigenvalue weighted by molar-refractivity contribution is 5.97. The van der Waals surface area contributed by atoms with E-state index in [-0.39, 0.29) is 25.5 Å². The van der Waals surface area contributed by atoms with Gasteiger partial charge < -0.3 is 36.0 Å². The van der Waals surface area contributed by atoms with Crippen molar-refractivity contribution in [1.29, 1.82) is 0 Å². The Kier molecular flexibility index (Phi) is 12.2. The second-order valence-corrected chi connectivity index (χ2v) is 9.49. The number of ether oxygens (including phenoxy) is 1. The minimum absolute atomic E-state index is 0.00323. The molecule has 1 heterocycles. The highest BCUT2D eigenvalue weighted by Crippen LogP contribution is 2.18. The molecule has 1 aliphatic heterocycles. The van der Waals surface area contributed by atoms with Crippen molar-refractivity contribution in [2.45, 2.75) is 58.2 Å². The van der Waals surface area contributed by atoms with E-state index in [2.05, 4.69) is 26.0 Å². The molecule has 1 aliphatic rings. The van der Waals surface area contributed by atoms with Crippen LogP contribution in [-0.2, 0) is 23.9 Å². The zero-order valence-corrected chi connectivity index (χ0v) is 22.4. The molecule has 0 spiro atoms. The molecule has 1 fully saturated rings. The monoisotopic (exact) mass is 547 g/mol. The second-order valence-electron chi connectivity index (χ2n) is 9.49. The van der Waals surface area contributed by atoms with Crippen LogP contribution in [0.3, 0.4) is 0 Å². The summed E-state index contributed by atoms with van der Waals surface area (Å²) < 4.78 is 4.68. The van der Waals surface area contributed by atoms with Gasteiger partial charge in [-0.1, -0.05) is 32.0 Å². The first kappa shape index (κ1) is 31.1. The summed E-state index contributed by atoms with van der Waals surface area (Å²) >= 11 is 0. The number of nitrogens with one attached hydrogen (secondary N) is 4. The first-order valence-corrected chi connectivity index (χ1v) is 12.9. The lowest BCUT2D eigenvalue weighted by molar-refractivity contribution is -0.139. The molecule has 0 radical (unpaired) electrons. The van der Waals surface area contributed by atoms with Crippen LogP contribution in [0.25, 0.3) is 0 Å². The average Bonchev–Trinajstić information content (AvgIpc) is 3.39. The molecule has 2 rings (SSSR count). The van der Waals surface area contributed by atoms with Gasteiger partial charge in [-0.2, -0.15) is 0 Å². The minimum atomic E-state index is -1.43. The third-order valence-electron chi connectivity index (χ3n) is 6.00. The third kappa shape index (κ3) is 9.91. The lowest BCUT2D eigenvalue weighted by Gasteiger charge is -2.27. The van der Waals surface area contributed by atoms with Crippen LogP contribution in [-0.4, -0.2) is 90.1 Å². The summed E-state index contributed by atoms with van der Waals surface area (Å²) in [6.45, 7) is 4.96. The zero-order valence-electron chi connectivity index (χ0n) is 22.4. The SMILES string of the molecule is CCOC(=O)N[C@@H](CNC(=O)[C@H](CC(C)C)NC(=O)[C@@H]1CCCN1C(=O)CNC(=O)c1ccccc1)C(=O)O. The molecule has 0 aliphatic carbocycles. The van der Waals surface area contributed by atoms with Crippen LogP contribution < -0.4 is 21.3 Å². The number of hydrogen-bond acceptors (Lipinski definition) is 7. The summed E-state index contributed by atoms with van der Waals surface area (Å²) in [5, 5.41) is 19.2. The van der Waals surface area contributed by atoms with Gasteiger partial charge in [-0.05, 0) is 44.2 Å².